The second kappa shape index (κ2) is 13.6. The van der Waals surface area contributed by atoms with E-state index in [1.807, 2.05) is 4.90 Å². The molecule has 0 bridgehead atoms. The van der Waals surface area contributed by atoms with E-state index >= 15 is 0 Å². The number of hydrogen-bond donors (Lipinski definition) is 6. The number of fused-ring (bicyclic) bond motifs is 1. The molecule has 6 rings (SSSR count). The van der Waals surface area contributed by atoms with Crippen LogP contribution in [0.5, 0.6) is 17.2 Å². The van der Waals surface area contributed by atoms with E-state index in [1.54, 1.807) is 12.1 Å². The summed E-state index contributed by atoms with van der Waals surface area (Å²) in [7, 11) is 0. The summed E-state index contributed by atoms with van der Waals surface area (Å²) < 4.78 is 28.0. The van der Waals surface area contributed by atoms with Crippen molar-refractivity contribution in [2.24, 2.45) is 0 Å². The molecule has 0 spiro atoms. The maximum atomic E-state index is 14.0. The molecule has 0 radical (unpaired) electrons. The lowest BCUT2D eigenvalue weighted by Gasteiger charge is -2.39. The van der Waals surface area contributed by atoms with Crippen LogP contribution in [0, 0.1) is 0 Å². The van der Waals surface area contributed by atoms with Crippen molar-refractivity contribution in [1.82, 2.24) is 9.80 Å². The smallest absolute Gasteiger partial charge is 0.229 e. The number of ether oxygens (including phenoxy) is 4. The fourth-order valence-corrected chi connectivity index (χ4v) is 5.93. The van der Waals surface area contributed by atoms with Crippen molar-refractivity contribution in [2.75, 3.05) is 59.2 Å². The van der Waals surface area contributed by atoms with Crippen LogP contribution in [0.2, 0.25) is 0 Å². The summed E-state index contributed by atoms with van der Waals surface area (Å²) in [6, 6.07) is 6.20. The van der Waals surface area contributed by atoms with Gasteiger partial charge in [0.05, 0.1) is 49.7 Å². The van der Waals surface area contributed by atoms with Crippen LogP contribution in [0.1, 0.15) is 11.1 Å². The summed E-state index contributed by atoms with van der Waals surface area (Å²) in [5.41, 5.74) is 0.905. The van der Waals surface area contributed by atoms with Gasteiger partial charge in [0.1, 0.15) is 58.9 Å². The number of benzene rings is 2. The minimum atomic E-state index is -1.59. The molecule has 3 aliphatic heterocycles. The lowest BCUT2D eigenvalue weighted by atomic mass is 9.98. The van der Waals surface area contributed by atoms with Crippen molar-refractivity contribution in [1.29, 1.82) is 0 Å². The number of aliphatic hydroxyl groups excluding tert-OH is 4. The molecule has 3 saturated heterocycles. The van der Waals surface area contributed by atoms with Crippen LogP contribution in [-0.2, 0) is 27.3 Å². The van der Waals surface area contributed by atoms with Gasteiger partial charge in [0.25, 0.3) is 0 Å². The summed E-state index contributed by atoms with van der Waals surface area (Å²) in [6.45, 7) is 4.58. The summed E-state index contributed by atoms with van der Waals surface area (Å²) >= 11 is 0. The molecular formula is C31H38N2O12. The van der Waals surface area contributed by atoms with Gasteiger partial charge in [0, 0.05) is 39.3 Å². The molecule has 3 fully saturated rings. The summed E-state index contributed by atoms with van der Waals surface area (Å²) in [5, 5.41) is 62.6. The Morgan fingerprint density at radius 3 is 2.00 bits per heavy atom. The standard InChI is InChI=1S/C31H38N2O12/c34-15-22-27(38)28(39)29(40)31(45-22)44-18-3-1-17(2-4-18)21-16-43-30-20(14-33-7-11-42-12-8-33)24(35)19(25(36)23(30)26(21)37)13-32-5-9-41-10-6-32/h1-4,16,22,27-29,31,34-36,38-40H,5-15H2/t22-,27-,28+,29-,31+/m0/s1. The second-order valence-corrected chi connectivity index (χ2v) is 11.5. The molecule has 5 atom stereocenters. The molecule has 0 aliphatic carbocycles. The van der Waals surface area contributed by atoms with E-state index in [9.17, 15) is 35.4 Å². The highest BCUT2D eigenvalue weighted by atomic mass is 16.7. The lowest BCUT2D eigenvalue weighted by Crippen LogP contribution is -2.60. The van der Waals surface area contributed by atoms with E-state index in [4.69, 9.17) is 23.4 Å². The predicted molar refractivity (Wildman–Crippen MR) is 158 cm³/mol. The quantitative estimate of drug-likeness (QED) is 0.190. The van der Waals surface area contributed by atoms with Gasteiger partial charge < -0.3 is 54.0 Å². The Hall–Kier alpha value is -3.31. The number of phenols is 2. The van der Waals surface area contributed by atoms with E-state index in [0.29, 0.717) is 70.3 Å². The SMILES string of the molecule is O=c1c(-c2ccc(O[C@@H]3O[C@@H](CO)[C@H](O)[C@@H](O)[C@@H]3O)cc2)coc2c(CN3CCOCC3)c(O)c(CN3CCOCC3)c(O)c12. The number of phenolic OH excluding ortho intramolecular Hbond substituents is 2. The van der Waals surface area contributed by atoms with Gasteiger partial charge in [0.15, 0.2) is 0 Å². The summed E-state index contributed by atoms with van der Waals surface area (Å²) in [5.74, 6) is -0.219. The number of nitrogens with zero attached hydrogens (tertiary/aromatic N) is 2. The van der Waals surface area contributed by atoms with E-state index in [0.717, 1.165) is 0 Å². The van der Waals surface area contributed by atoms with Gasteiger partial charge in [-0.15, -0.1) is 0 Å². The molecule has 14 nitrogen and oxygen atoms in total. The highest BCUT2D eigenvalue weighted by Gasteiger charge is 2.44. The van der Waals surface area contributed by atoms with Gasteiger partial charge in [-0.3, -0.25) is 14.6 Å². The molecular weight excluding hydrogens is 592 g/mol. The van der Waals surface area contributed by atoms with Crippen LogP contribution in [0.3, 0.4) is 0 Å². The fourth-order valence-electron chi connectivity index (χ4n) is 5.93. The first-order valence-corrected chi connectivity index (χ1v) is 15.0. The molecule has 3 aliphatic rings. The minimum absolute atomic E-state index is 0.0292. The number of aliphatic hydroxyl groups is 4. The molecule has 2 aromatic carbocycles. The van der Waals surface area contributed by atoms with Crippen LogP contribution < -0.4 is 10.2 Å². The lowest BCUT2D eigenvalue weighted by molar-refractivity contribution is -0.277. The topological polar surface area (TPSA) is 195 Å². The Balaban J connectivity index is 1.33. The van der Waals surface area contributed by atoms with Gasteiger partial charge >= 0.3 is 0 Å². The number of hydrogen-bond acceptors (Lipinski definition) is 14. The molecule has 4 heterocycles. The molecule has 0 saturated carbocycles. The number of rotatable bonds is 8. The normalized spacial score (nSPS) is 26.7. The third kappa shape index (κ3) is 6.38. The third-order valence-corrected chi connectivity index (χ3v) is 8.60. The number of morpholine rings is 2. The zero-order valence-corrected chi connectivity index (χ0v) is 24.6. The minimum Gasteiger partial charge on any atom is -0.507 e. The van der Waals surface area contributed by atoms with Gasteiger partial charge in [-0.2, -0.15) is 0 Å². The van der Waals surface area contributed by atoms with Crippen LogP contribution >= 0.6 is 0 Å². The van der Waals surface area contributed by atoms with E-state index < -0.39 is 42.7 Å². The highest BCUT2D eigenvalue weighted by molar-refractivity contribution is 5.92. The Bertz CT molecular complexity index is 1530. The average Bonchev–Trinajstić information content (AvgIpc) is 3.06. The van der Waals surface area contributed by atoms with Gasteiger partial charge in [-0.05, 0) is 17.7 Å². The van der Waals surface area contributed by atoms with Crippen molar-refractivity contribution >= 4 is 11.0 Å². The fraction of sp³-hybridized carbons (Fsp3) is 0.516. The van der Waals surface area contributed by atoms with Crippen LogP contribution in [0.25, 0.3) is 22.1 Å². The molecule has 0 amide bonds. The van der Waals surface area contributed by atoms with Crippen molar-refractivity contribution in [3.63, 3.8) is 0 Å². The maximum Gasteiger partial charge on any atom is 0.229 e. The first kappa shape index (κ1) is 31.7. The van der Waals surface area contributed by atoms with Crippen molar-refractivity contribution in [3.05, 3.63) is 51.9 Å². The Labute approximate surface area is 258 Å². The van der Waals surface area contributed by atoms with E-state index in [2.05, 4.69) is 4.90 Å². The van der Waals surface area contributed by atoms with Gasteiger partial charge in [-0.25, -0.2) is 0 Å². The Kier molecular flexibility index (Phi) is 9.56. The van der Waals surface area contributed by atoms with Crippen molar-refractivity contribution in [3.8, 4) is 28.4 Å². The van der Waals surface area contributed by atoms with E-state index in [-0.39, 0.29) is 45.9 Å². The van der Waals surface area contributed by atoms with E-state index in [1.165, 1.54) is 18.4 Å². The van der Waals surface area contributed by atoms with Crippen molar-refractivity contribution in [2.45, 2.75) is 43.8 Å². The Morgan fingerprint density at radius 2 is 1.40 bits per heavy atom. The monoisotopic (exact) mass is 630 g/mol. The molecule has 244 valence electrons. The molecule has 1 aromatic heterocycles. The molecule has 0 unspecified atom stereocenters. The first-order chi connectivity index (χ1) is 21.8. The maximum absolute atomic E-state index is 14.0. The molecule has 3 aromatic rings. The number of aromatic hydroxyl groups is 2. The first-order valence-electron chi connectivity index (χ1n) is 15.0. The molecule has 6 N–H and O–H groups in total. The highest BCUT2D eigenvalue weighted by Crippen LogP contribution is 2.41. The van der Waals surface area contributed by atoms with Crippen LogP contribution in [0.15, 0.2) is 39.7 Å². The van der Waals surface area contributed by atoms with Crippen molar-refractivity contribution < 1.29 is 54.0 Å². The second-order valence-electron chi connectivity index (χ2n) is 11.5. The average molecular weight is 631 g/mol. The van der Waals surface area contributed by atoms with Crippen LogP contribution in [-0.4, -0.2) is 130 Å². The zero-order chi connectivity index (χ0) is 31.7. The molecule has 45 heavy (non-hydrogen) atoms. The van der Waals surface area contributed by atoms with Crippen LogP contribution in [0.4, 0.5) is 0 Å². The Morgan fingerprint density at radius 1 is 0.800 bits per heavy atom. The molecule has 14 heteroatoms. The van der Waals surface area contributed by atoms with Gasteiger partial charge in [-0.1, -0.05) is 12.1 Å². The zero-order valence-electron chi connectivity index (χ0n) is 24.6. The summed E-state index contributed by atoms with van der Waals surface area (Å²) in [4.78, 5) is 18.1. The third-order valence-electron chi connectivity index (χ3n) is 8.60. The summed E-state index contributed by atoms with van der Waals surface area (Å²) in [6.07, 6.45) is -5.87. The largest absolute Gasteiger partial charge is 0.507 e. The van der Waals surface area contributed by atoms with Gasteiger partial charge in [0.2, 0.25) is 11.7 Å². The predicted octanol–water partition coefficient (Wildman–Crippen LogP) is -0.286.